The fraction of sp³-hybridized carbons (Fsp3) is 0.625. The molecular weight excluding hydrogens is 238 g/mol. The summed E-state index contributed by atoms with van der Waals surface area (Å²) in [6, 6.07) is 9.28. The molecule has 18 heavy (non-hydrogen) atoms. The first-order valence-corrected chi connectivity index (χ1v) is 8.10. The van der Waals surface area contributed by atoms with Crippen LogP contribution in [-0.4, -0.2) is 18.8 Å². The molecule has 1 aromatic carbocycles. The largest absolute Gasteiger partial charge is 0.318 e. The summed E-state index contributed by atoms with van der Waals surface area (Å²) >= 11 is 1.97. The molecule has 0 aliphatic carbocycles. The molecule has 0 radical (unpaired) electrons. The van der Waals surface area contributed by atoms with Gasteiger partial charge in [-0.3, -0.25) is 0 Å². The maximum Gasteiger partial charge on any atom is 0.0104 e. The predicted molar refractivity (Wildman–Crippen MR) is 87.8 cm³/mol. The molecule has 0 amide bonds. The fourth-order valence-corrected chi connectivity index (χ4v) is 2.19. The SMILES string of the molecule is CC.CC.CNC(C)C.c1ccc2c(c1)CCS2. The molecule has 1 aliphatic rings. The lowest BCUT2D eigenvalue weighted by molar-refractivity contribution is 0.668. The number of fused-ring (bicyclic) bond motifs is 1. The summed E-state index contributed by atoms with van der Waals surface area (Å²) in [5.74, 6) is 1.28. The minimum Gasteiger partial charge on any atom is -0.318 e. The van der Waals surface area contributed by atoms with Gasteiger partial charge in [-0.05, 0) is 25.1 Å². The number of hydrogen-bond donors (Lipinski definition) is 1. The number of aryl methyl sites for hydroxylation is 1. The van der Waals surface area contributed by atoms with Crippen LogP contribution >= 0.6 is 11.8 Å². The second-order valence-corrected chi connectivity index (χ2v) is 4.79. The van der Waals surface area contributed by atoms with Gasteiger partial charge in [-0.2, -0.15) is 0 Å². The molecule has 1 nitrogen and oxygen atoms in total. The van der Waals surface area contributed by atoms with Gasteiger partial charge >= 0.3 is 0 Å². The van der Waals surface area contributed by atoms with Crippen LogP contribution in [0, 0.1) is 0 Å². The first kappa shape index (κ1) is 19.9. The van der Waals surface area contributed by atoms with Crippen molar-refractivity contribution in [3.63, 3.8) is 0 Å². The van der Waals surface area contributed by atoms with E-state index in [2.05, 4.69) is 43.4 Å². The van der Waals surface area contributed by atoms with Crippen LogP contribution < -0.4 is 5.32 Å². The Kier molecular flexibility index (Phi) is 16.1. The summed E-state index contributed by atoms with van der Waals surface area (Å²) in [7, 11) is 1.95. The summed E-state index contributed by atoms with van der Waals surface area (Å²) in [4.78, 5) is 1.48. The Hall–Kier alpha value is -0.470. The molecule has 0 aromatic heterocycles. The Bertz CT molecular complexity index is 249. The van der Waals surface area contributed by atoms with Crippen LogP contribution in [0.15, 0.2) is 29.2 Å². The van der Waals surface area contributed by atoms with E-state index in [4.69, 9.17) is 0 Å². The summed E-state index contributed by atoms with van der Waals surface area (Å²) < 4.78 is 0. The van der Waals surface area contributed by atoms with Crippen molar-refractivity contribution in [1.29, 1.82) is 0 Å². The molecule has 0 atom stereocenters. The smallest absolute Gasteiger partial charge is 0.0104 e. The molecule has 0 fully saturated rings. The van der Waals surface area contributed by atoms with E-state index >= 15 is 0 Å². The van der Waals surface area contributed by atoms with Crippen molar-refractivity contribution in [2.24, 2.45) is 0 Å². The molecule has 1 aliphatic heterocycles. The van der Waals surface area contributed by atoms with E-state index in [1.54, 1.807) is 0 Å². The predicted octanol–water partition coefficient (Wildman–Crippen LogP) is 5.00. The van der Waals surface area contributed by atoms with Gasteiger partial charge in [0.05, 0.1) is 0 Å². The van der Waals surface area contributed by atoms with Gasteiger partial charge in [0.15, 0.2) is 0 Å². The molecule has 0 spiro atoms. The number of rotatable bonds is 1. The Morgan fingerprint density at radius 1 is 1.06 bits per heavy atom. The second kappa shape index (κ2) is 14.6. The molecule has 2 rings (SSSR count). The molecule has 1 heterocycles. The van der Waals surface area contributed by atoms with Gasteiger partial charge in [0.1, 0.15) is 0 Å². The zero-order valence-electron chi connectivity index (χ0n) is 13.2. The maximum atomic E-state index is 3.03. The standard InChI is InChI=1S/C8H8S.C4H11N.2C2H6/c1-2-4-8-7(3-1)5-6-9-8;1-4(2)5-3;2*1-2/h1-4H,5-6H2;4-5H,1-3H3;2*1-2H3. The van der Waals surface area contributed by atoms with Crippen LogP contribution in [0.5, 0.6) is 0 Å². The highest BCUT2D eigenvalue weighted by atomic mass is 32.2. The number of thioether (sulfide) groups is 1. The van der Waals surface area contributed by atoms with Gasteiger partial charge in [0.25, 0.3) is 0 Å². The third-order valence-electron chi connectivity index (χ3n) is 2.18. The lowest BCUT2D eigenvalue weighted by Crippen LogP contribution is -2.15. The molecule has 0 bridgehead atoms. The highest BCUT2D eigenvalue weighted by molar-refractivity contribution is 7.99. The van der Waals surface area contributed by atoms with Crippen molar-refractivity contribution in [3.8, 4) is 0 Å². The first-order chi connectivity index (χ1) is 8.74. The monoisotopic (exact) mass is 269 g/mol. The molecule has 0 saturated heterocycles. The Morgan fingerprint density at radius 2 is 1.56 bits per heavy atom. The molecule has 0 unspecified atom stereocenters. The number of nitrogens with one attached hydrogen (secondary N) is 1. The maximum absolute atomic E-state index is 3.03. The van der Waals surface area contributed by atoms with Crippen molar-refractivity contribution in [1.82, 2.24) is 5.32 Å². The third kappa shape index (κ3) is 9.55. The van der Waals surface area contributed by atoms with Crippen LogP contribution in [0.25, 0.3) is 0 Å². The van der Waals surface area contributed by atoms with Crippen molar-refractivity contribution >= 4 is 11.8 Å². The van der Waals surface area contributed by atoms with E-state index in [1.165, 1.54) is 22.6 Å². The Balaban J connectivity index is 0. The van der Waals surface area contributed by atoms with Gasteiger partial charge in [-0.25, -0.2) is 0 Å². The van der Waals surface area contributed by atoms with Crippen molar-refractivity contribution in [2.45, 2.75) is 58.9 Å². The zero-order valence-corrected chi connectivity index (χ0v) is 14.0. The molecule has 1 aromatic rings. The average molecular weight is 269 g/mol. The van der Waals surface area contributed by atoms with E-state index in [0.29, 0.717) is 6.04 Å². The van der Waals surface area contributed by atoms with Crippen LogP contribution in [0.1, 0.15) is 47.1 Å². The summed E-state index contributed by atoms with van der Waals surface area (Å²) in [5.41, 5.74) is 1.53. The van der Waals surface area contributed by atoms with Gasteiger partial charge in [0.2, 0.25) is 0 Å². The van der Waals surface area contributed by atoms with Gasteiger partial charge in [-0.1, -0.05) is 59.7 Å². The lowest BCUT2D eigenvalue weighted by atomic mass is 10.2. The van der Waals surface area contributed by atoms with Crippen molar-refractivity contribution < 1.29 is 0 Å². The molecule has 2 heteroatoms. The summed E-state index contributed by atoms with van der Waals surface area (Å²) in [5, 5.41) is 3.03. The fourth-order valence-electron chi connectivity index (χ4n) is 1.12. The van der Waals surface area contributed by atoms with Gasteiger partial charge in [0, 0.05) is 16.7 Å². The van der Waals surface area contributed by atoms with E-state index in [9.17, 15) is 0 Å². The Morgan fingerprint density at radius 3 is 2.00 bits per heavy atom. The minimum absolute atomic E-state index is 0.634. The van der Waals surface area contributed by atoms with Crippen LogP contribution in [0.3, 0.4) is 0 Å². The van der Waals surface area contributed by atoms with E-state index in [1.807, 2.05) is 46.5 Å². The normalized spacial score (nSPS) is 11.1. The van der Waals surface area contributed by atoms with Gasteiger partial charge < -0.3 is 5.32 Å². The van der Waals surface area contributed by atoms with E-state index < -0.39 is 0 Å². The van der Waals surface area contributed by atoms with E-state index in [0.717, 1.165) is 0 Å². The second-order valence-electron chi connectivity index (χ2n) is 3.65. The lowest BCUT2D eigenvalue weighted by Gasteiger charge is -1.95. The molecular formula is C16H31NS. The third-order valence-corrected chi connectivity index (χ3v) is 3.30. The van der Waals surface area contributed by atoms with Crippen molar-refractivity contribution in [2.75, 3.05) is 12.8 Å². The highest BCUT2D eigenvalue weighted by Gasteiger charge is 2.07. The van der Waals surface area contributed by atoms with E-state index in [-0.39, 0.29) is 0 Å². The van der Waals surface area contributed by atoms with Crippen LogP contribution in [0.2, 0.25) is 0 Å². The molecule has 0 saturated carbocycles. The average Bonchev–Trinajstić information content (AvgIpc) is 2.92. The summed E-state index contributed by atoms with van der Waals surface area (Å²) in [6.07, 6.45) is 1.26. The van der Waals surface area contributed by atoms with Gasteiger partial charge in [-0.15, -0.1) is 11.8 Å². The number of hydrogen-bond acceptors (Lipinski definition) is 2. The topological polar surface area (TPSA) is 12.0 Å². The highest BCUT2D eigenvalue weighted by Crippen LogP contribution is 2.30. The molecule has 106 valence electrons. The Labute approximate surface area is 119 Å². The molecule has 1 N–H and O–H groups in total. The summed E-state index contributed by atoms with van der Waals surface area (Å²) in [6.45, 7) is 12.2. The van der Waals surface area contributed by atoms with Crippen LogP contribution in [0.4, 0.5) is 0 Å². The van der Waals surface area contributed by atoms with Crippen LogP contribution in [-0.2, 0) is 6.42 Å². The quantitative estimate of drug-likeness (QED) is 0.770. The first-order valence-electron chi connectivity index (χ1n) is 7.12. The number of benzene rings is 1. The zero-order chi connectivity index (χ0) is 14.4. The minimum atomic E-state index is 0.634. The van der Waals surface area contributed by atoms with Crippen molar-refractivity contribution in [3.05, 3.63) is 29.8 Å².